The monoisotopic (exact) mass is 448 g/mol. The minimum atomic E-state index is -4.86. The minimum absolute atomic E-state index is 0.166. The SMILES string of the molecule is CC(C)OCC(=O)n1c(-c2ccc(Cl)cc2)c(C#N)c(Br)c1C(F)(F)F. The van der Waals surface area contributed by atoms with Gasteiger partial charge in [0.2, 0.25) is 0 Å². The third-order valence-electron chi connectivity index (χ3n) is 3.40. The number of nitrogens with zero attached hydrogens (tertiary/aromatic N) is 2. The lowest BCUT2D eigenvalue weighted by Crippen LogP contribution is -2.25. The lowest BCUT2D eigenvalue weighted by molar-refractivity contribution is -0.143. The summed E-state index contributed by atoms with van der Waals surface area (Å²) in [6, 6.07) is 7.55. The topological polar surface area (TPSA) is 55.0 Å². The minimum Gasteiger partial charge on any atom is -0.369 e. The molecular weight excluding hydrogens is 437 g/mol. The zero-order valence-electron chi connectivity index (χ0n) is 13.7. The zero-order valence-corrected chi connectivity index (χ0v) is 16.0. The molecule has 0 aliphatic carbocycles. The standard InChI is InChI=1S/C17H13BrClF3N2O2/c1-9(2)26-8-13(25)24-15(10-3-5-11(19)6-4-10)12(7-23)14(18)16(24)17(20,21)22/h3-6,9H,8H2,1-2H3. The summed E-state index contributed by atoms with van der Waals surface area (Å²) in [4.78, 5) is 12.5. The molecule has 0 saturated carbocycles. The number of halogens is 5. The first-order chi connectivity index (χ1) is 12.1. The number of carbonyl (C=O) groups excluding carboxylic acids is 1. The highest BCUT2D eigenvalue weighted by atomic mass is 79.9. The van der Waals surface area contributed by atoms with Crippen LogP contribution in [0.5, 0.6) is 0 Å². The summed E-state index contributed by atoms with van der Waals surface area (Å²) < 4.78 is 46.0. The Morgan fingerprint density at radius 3 is 2.38 bits per heavy atom. The van der Waals surface area contributed by atoms with Crippen molar-refractivity contribution in [1.29, 1.82) is 5.26 Å². The zero-order chi connectivity index (χ0) is 19.6. The van der Waals surface area contributed by atoms with Crippen molar-refractivity contribution in [2.45, 2.75) is 26.1 Å². The number of ether oxygens (including phenoxy) is 1. The fourth-order valence-electron chi connectivity index (χ4n) is 2.33. The third-order valence-corrected chi connectivity index (χ3v) is 4.42. The van der Waals surface area contributed by atoms with Crippen molar-refractivity contribution in [2.24, 2.45) is 0 Å². The van der Waals surface area contributed by atoms with Crippen LogP contribution < -0.4 is 0 Å². The van der Waals surface area contributed by atoms with E-state index in [9.17, 15) is 23.2 Å². The van der Waals surface area contributed by atoms with Gasteiger partial charge in [-0.15, -0.1) is 0 Å². The predicted octanol–water partition coefficient (Wildman–Crippen LogP) is 5.53. The van der Waals surface area contributed by atoms with Crippen molar-refractivity contribution in [2.75, 3.05) is 6.61 Å². The van der Waals surface area contributed by atoms with E-state index >= 15 is 0 Å². The lowest BCUT2D eigenvalue weighted by Gasteiger charge is -2.15. The Morgan fingerprint density at radius 2 is 1.92 bits per heavy atom. The van der Waals surface area contributed by atoms with Gasteiger partial charge in [-0.3, -0.25) is 9.36 Å². The van der Waals surface area contributed by atoms with Gasteiger partial charge in [-0.05, 0) is 41.9 Å². The molecule has 1 aromatic carbocycles. The van der Waals surface area contributed by atoms with Crippen LogP contribution in [0.15, 0.2) is 28.7 Å². The second kappa shape index (κ2) is 7.82. The molecule has 4 nitrogen and oxygen atoms in total. The van der Waals surface area contributed by atoms with Gasteiger partial charge >= 0.3 is 6.18 Å². The van der Waals surface area contributed by atoms with E-state index in [2.05, 4.69) is 15.9 Å². The van der Waals surface area contributed by atoms with Gasteiger partial charge in [-0.2, -0.15) is 18.4 Å². The van der Waals surface area contributed by atoms with Crippen LogP contribution in [0.4, 0.5) is 13.2 Å². The van der Waals surface area contributed by atoms with Gasteiger partial charge in [0.1, 0.15) is 18.4 Å². The number of benzene rings is 1. The molecule has 1 heterocycles. The molecule has 1 aromatic heterocycles. The fraction of sp³-hybridized carbons (Fsp3) is 0.294. The molecule has 0 radical (unpaired) electrons. The molecule has 0 aliphatic rings. The predicted molar refractivity (Wildman–Crippen MR) is 94.0 cm³/mol. The third kappa shape index (κ3) is 4.11. The van der Waals surface area contributed by atoms with Crippen LogP contribution in [0.3, 0.4) is 0 Å². The highest BCUT2D eigenvalue weighted by molar-refractivity contribution is 9.10. The van der Waals surface area contributed by atoms with Crippen LogP contribution in [-0.2, 0) is 10.9 Å². The summed E-state index contributed by atoms with van der Waals surface area (Å²) in [5.41, 5.74) is -1.46. The summed E-state index contributed by atoms with van der Waals surface area (Å²) in [7, 11) is 0. The average molecular weight is 450 g/mol. The van der Waals surface area contributed by atoms with Crippen LogP contribution in [0.1, 0.15) is 29.9 Å². The largest absolute Gasteiger partial charge is 0.433 e. The van der Waals surface area contributed by atoms with Crippen LogP contribution in [0.2, 0.25) is 5.02 Å². The molecule has 26 heavy (non-hydrogen) atoms. The maximum Gasteiger partial charge on any atom is 0.433 e. The molecule has 0 unspecified atom stereocenters. The Balaban J connectivity index is 2.78. The molecule has 9 heteroatoms. The maximum atomic E-state index is 13.6. The molecule has 0 spiro atoms. The normalized spacial score (nSPS) is 11.7. The second-order valence-corrected chi connectivity index (χ2v) is 6.82. The van der Waals surface area contributed by atoms with E-state index in [-0.39, 0.29) is 22.9 Å². The molecule has 0 amide bonds. The van der Waals surface area contributed by atoms with Crippen LogP contribution in [0.25, 0.3) is 11.3 Å². The van der Waals surface area contributed by atoms with Crippen molar-refractivity contribution in [3.63, 3.8) is 0 Å². The summed E-state index contributed by atoms with van der Waals surface area (Å²) in [5, 5.41) is 9.76. The Bertz CT molecular complexity index is 868. The van der Waals surface area contributed by atoms with E-state index in [0.29, 0.717) is 9.59 Å². The van der Waals surface area contributed by atoms with E-state index in [1.54, 1.807) is 19.9 Å². The van der Waals surface area contributed by atoms with Gasteiger partial charge in [0.25, 0.3) is 5.91 Å². The Kier molecular flexibility index (Phi) is 6.17. The van der Waals surface area contributed by atoms with Crippen LogP contribution in [-0.4, -0.2) is 23.2 Å². The van der Waals surface area contributed by atoms with E-state index < -0.39 is 28.9 Å². The van der Waals surface area contributed by atoms with Crippen LogP contribution >= 0.6 is 27.5 Å². The average Bonchev–Trinajstić information content (AvgIpc) is 2.85. The van der Waals surface area contributed by atoms with Crippen molar-refractivity contribution in [3.05, 3.63) is 45.0 Å². The molecule has 2 rings (SSSR count). The molecule has 2 aromatic rings. The summed E-state index contributed by atoms with van der Waals surface area (Å²) >= 11 is 8.65. The van der Waals surface area contributed by atoms with E-state index in [1.807, 2.05) is 0 Å². The Morgan fingerprint density at radius 1 is 1.35 bits per heavy atom. The molecule has 0 bridgehead atoms. The Labute approximate surface area is 161 Å². The van der Waals surface area contributed by atoms with Gasteiger partial charge in [-0.25, -0.2) is 0 Å². The lowest BCUT2D eigenvalue weighted by atomic mass is 10.1. The fourth-order valence-corrected chi connectivity index (χ4v) is 3.14. The first kappa shape index (κ1) is 20.5. The number of carbonyl (C=O) groups is 1. The number of aromatic nitrogens is 1. The number of hydrogen-bond acceptors (Lipinski definition) is 3. The quantitative estimate of drug-likeness (QED) is 0.617. The summed E-state index contributed by atoms with van der Waals surface area (Å²) in [5.74, 6) is -0.932. The number of rotatable bonds is 4. The molecule has 0 fully saturated rings. The molecular formula is C17H13BrClF3N2O2. The van der Waals surface area contributed by atoms with Gasteiger partial charge in [-0.1, -0.05) is 23.7 Å². The number of alkyl halides is 3. The molecule has 0 N–H and O–H groups in total. The van der Waals surface area contributed by atoms with E-state index in [4.69, 9.17) is 16.3 Å². The maximum absolute atomic E-state index is 13.6. The smallest absolute Gasteiger partial charge is 0.369 e. The van der Waals surface area contributed by atoms with Crippen molar-refractivity contribution in [1.82, 2.24) is 4.57 Å². The van der Waals surface area contributed by atoms with Crippen molar-refractivity contribution in [3.8, 4) is 17.3 Å². The van der Waals surface area contributed by atoms with E-state index in [1.165, 1.54) is 24.3 Å². The first-order valence-corrected chi connectivity index (χ1v) is 8.57. The summed E-state index contributed by atoms with van der Waals surface area (Å²) in [6.07, 6.45) is -5.20. The Hall–Kier alpha value is -1.82. The number of hydrogen-bond donors (Lipinski definition) is 0. The van der Waals surface area contributed by atoms with Gasteiger partial charge in [0.05, 0.1) is 21.8 Å². The van der Waals surface area contributed by atoms with Gasteiger partial charge in [0.15, 0.2) is 0 Å². The molecule has 0 aliphatic heterocycles. The van der Waals surface area contributed by atoms with Crippen LogP contribution in [0, 0.1) is 11.3 Å². The van der Waals surface area contributed by atoms with Crippen molar-refractivity contribution >= 4 is 33.4 Å². The highest BCUT2D eigenvalue weighted by Gasteiger charge is 2.42. The van der Waals surface area contributed by atoms with Gasteiger partial charge in [0, 0.05) is 10.6 Å². The highest BCUT2D eigenvalue weighted by Crippen LogP contribution is 2.43. The first-order valence-electron chi connectivity index (χ1n) is 7.40. The summed E-state index contributed by atoms with van der Waals surface area (Å²) in [6.45, 7) is 2.75. The second-order valence-electron chi connectivity index (χ2n) is 5.59. The van der Waals surface area contributed by atoms with E-state index in [0.717, 1.165) is 0 Å². The molecule has 138 valence electrons. The number of nitriles is 1. The molecule has 0 saturated heterocycles. The van der Waals surface area contributed by atoms with Gasteiger partial charge < -0.3 is 4.74 Å². The molecule has 0 atom stereocenters. The van der Waals surface area contributed by atoms with Crippen molar-refractivity contribution < 1.29 is 22.7 Å².